The predicted octanol–water partition coefficient (Wildman–Crippen LogP) is 4.75. The van der Waals surface area contributed by atoms with Crippen molar-refractivity contribution in [3.63, 3.8) is 0 Å². The summed E-state index contributed by atoms with van der Waals surface area (Å²) < 4.78 is 10.7. The summed E-state index contributed by atoms with van der Waals surface area (Å²) in [6, 6.07) is 12.3. The minimum atomic E-state index is -0.621. The second kappa shape index (κ2) is 6.76. The van der Waals surface area contributed by atoms with Crippen LogP contribution in [0.25, 0.3) is 11.0 Å². The van der Waals surface area contributed by atoms with Crippen molar-refractivity contribution in [1.82, 2.24) is 0 Å². The number of fused-ring (bicyclic) bond motifs is 2. The summed E-state index contributed by atoms with van der Waals surface area (Å²) in [6.07, 6.45) is 1.02. The highest BCUT2D eigenvalue weighted by Crippen LogP contribution is 2.43. The van der Waals surface area contributed by atoms with Gasteiger partial charge in [-0.15, -0.1) is 0 Å². The maximum Gasteiger partial charge on any atom is 0.347 e. The molecule has 0 spiro atoms. The number of methoxy groups -OCH3 is 1. The van der Waals surface area contributed by atoms with E-state index in [9.17, 15) is 9.59 Å². The standard InChI is InChI=1S/C24H25NO4/c1-14-13-24(2,3)25(4)20-12-21-16(10-18(14)20)11-19(23(27)29-21)22(26)15-6-8-17(28-5)9-7-15/h6-12,14H,13H2,1-5H3. The minimum absolute atomic E-state index is 0.0185. The van der Waals surface area contributed by atoms with Crippen molar-refractivity contribution < 1.29 is 13.9 Å². The van der Waals surface area contributed by atoms with Gasteiger partial charge in [0.15, 0.2) is 5.78 Å². The van der Waals surface area contributed by atoms with Gasteiger partial charge in [-0.2, -0.15) is 0 Å². The quantitative estimate of drug-likeness (QED) is 0.476. The number of hydrogen-bond acceptors (Lipinski definition) is 5. The highest BCUT2D eigenvalue weighted by molar-refractivity contribution is 6.10. The lowest BCUT2D eigenvalue weighted by Gasteiger charge is -2.45. The summed E-state index contributed by atoms with van der Waals surface area (Å²) in [5, 5.41) is 0.764. The van der Waals surface area contributed by atoms with Crippen molar-refractivity contribution in [2.45, 2.75) is 38.6 Å². The molecule has 5 nitrogen and oxygen atoms in total. The molecular weight excluding hydrogens is 366 g/mol. The Kier molecular flexibility index (Phi) is 4.49. The summed E-state index contributed by atoms with van der Waals surface area (Å²) in [5.74, 6) is 0.667. The summed E-state index contributed by atoms with van der Waals surface area (Å²) in [4.78, 5) is 27.7. The molecule has 5 heteroatoms. The molecule has 4 rings (SSSR count). The molecule has 0 saturated heterocycles. The van der Waals surface area contributed by atoms with Gasteiger partial charge in [0.25, 0.3) is 0 Å². The molecule has 0 fully saturated rings. The maximum atomic E-state index is 12.9. The zero-order valence-electron chi connectivity index (χ0n) is 17.4. The number of rotatable bonds is 3. The normalized spacial score (nSPS) is 17.8. The van der Waals surface area contributed by atoms with Crippen LogP contribution in [0.4, 0.5) is 5.69 Å². The van der Waals surface area contributed by atoms with E-state index in [1.165, 1.54) is 5.56 Å². The van der Waals surface area contributed by atoms with Crippen LogP contribution in [0.5, 0.6) is 5.75 Å². The molecule has 0 bridgehead atoms. The van der Waals surface area contributed by atoms with Crippen LogP contribution < -0.4 is 15.3 Å². The number of benzene rings is 2. The van der Waals surface area contributed by atoms with Crippen LogP contribution in [0.3, 0.4) is 0 Å². The first-order chi connectivity index (χ1) is 13.7. The van der Waals surface area contributed by atoms with E-state index in [4.69, 9.17) is 9.15 Å². The third-order valence-corrected chi connectivity index (χ3v) is 6.08. The number of ketones is 1. The van der Waals surface area contributed by atoms with E-state index < -0.39 is 5.63 Å². The largest absolute Gasteiger partial charge is 0.497 e. The number of ether oxygens (including phenoxy) is 1. The lowest BCUT2D eigenvalue weighted by Crippen LogP contribution is -2.45. The van der Waals surface area contributed by atoms with Crippen LogP contribution >= 0.6 is 0 Å². The van der Waals surface area contributed by atoms with Crippen LogP contribution in [0.2, 0.25) is 0 Å². The van der Waals surface area contributed by atoms with Gasteiger partial charge in [0.05, 0.1) is 7.11 Å². The second-order valence-electron chi connectivity index (χ2n) is 8.43. The van der Waals surface area contributed by atoms with Crippen LogP contribution in [-0.2, 0) is 0 Å². The van der Waals surface area contributed by atoms with Crippen molar-refractivity contribution in [2.75, 3.05) is 19.1 Å². The molecule has 1 unspecified atom stereocenters. The fourth-order valence-corrected chi connectivity index (χ4v) is 4.24. The number of carbonyl (C=O) groups is 1. The summed E-state index contributed by atoms with van der Waals surface area (Å²) in [7, 11) is 3.63. The zero-order chi connectivity index (χ0) is 20.9. The first-order valence-electron chi connectivity index (χ1n) is 9.75. The molecule has 1 aromatic heterocycles. The van der Waals surface area contributed by atoms with Gasteiger partial charge >= 0.3 is 5.63 Å². The highest BCUT2D eigenvalue weighted by atomic mass is 16.5. The molecular formula is C24H25NO4. The average molecular weight is 391 g/mol. The predicted molar refractivity (Wildman–Crippen MR) is 114 cm³/mol. The Bertz CT molecular complexity index is 1160. The second-order valence-corrected chi connectivity index (χ2v) is 8.43. The fraction of sp³-hybridized carbons (Fsp3) is 0.333. The van der Waals surface area contributed by atoms with Gasteiger partial charge in [0, 0.05) is 35.3 Å². The Balaban J connectivity index is 1.82. The summed E-state index contributed by atoms with van der Waals surface area (Å²) >= 11 is 0. The van der Waals surface area contributed by atoms with Crippen LogP contribution in [0.1, 0.15) is 54.6 Å². The zero-order valence-corrected chi connectivity index (χ0v) is 17.4. The first-order valence-corrected chi connectivity index (χ1v) is 9.75. The Hall–Kier alpha value is -3.08. The molecule has 0 saturated carbocycles. The van der Waals surface area contributed by atoms with E-state index in [-0.39, 0.29) is 16.9 Å². The number of nitrogens with zero attached hydrogens (tertiary/aromatic N) is 1. The van der Waals surface area contributed by atoms with E-state index in [0.717, 1.165) is 17.5 Å². The Morgan fingerprint density at radius 2 is 1.86 bits per heavy atom. The average Bonchev–Trinajstić information content (AvgIpc) is 2.70. The molecule has 0 radical (unpaired) electrons. The lowest BCUT2D eigenvalue weighted by molar-refractivity contribution is 0.103. The van der Waals surface area contributed by atoms with E-state index in [1.54, 1.807) is 37.4 Å². The van der Waals surface area contributed by atoms with Crippen molar-refractivity contribution in [3.05, 3.63) is 69.6 Å². The van der Waals surface area contributed by atoms with Crippen molar-refractivity contribution in [3.8, 4) is 5.75 Å². The van der Waals surface area contributed by atoms with E-state index >= 15 is 0 Å². The van der Waals surface area contributed by atoms with Crippen LogP contribution in [-0.4, -0.2) is 25.5 Å². The summed E-state index contributed by atoms with van der Waals surface area (Å²) in [5.41, 5.74) is 2.63. The van der Waals surface area contributed by atoms with Gasteiger partial charge in [0.1, 0.15) is 16.9 Å². The van der Waals surface area contributed by atoms with Crippen molar-refractivity contribution in [1.29, 1.82) is 0 Å². The molecule has 1 aliphatic heterocycles. The van der Waals surface area contributed by atoms with E-state index in [2.05, 4.69) is 38.8 Å². The first kappa shape index (κ1) is 19.2. The van der Waals surface area contributed by atoms with Gasteiger partial charge in [-0.3, -0.25) is 4.79 Å². The molecule has 29 heavy (non-hydrogen) atoms. The van der Waals surface area contributed by atoms with Crippen LogP contribution in [0, 0.1) is 0 Å². The molecule has 1 aliphatic rings. The maximum absolute atomic E-state index is 12.9. The van der Waals surface area contributed by atoms with Gasteiger partial charge in [-0.1, -0.05) is 6.92 Å². The SMILES string of the molecule is COc1ccc(C(=O)c2cc3cc4c(cc3oc2=O)N(C)C(C)(C)CC4C)cc1. The third-order valence-electron chi connectivity index (χ3n) is 6.08. The number of carbonyl (C=O) groups excluding carboxylic acids is 1. The number of hydrogen-bond donors (Lipinski definition) is 0. The fourth-order valence-electron chi connectivity index (χ4n) is 4.24. The molecule has 150 valence electrons. The number of anilines is 1. The van der Waals surface area contributed by atoms with Crippen LogP contribution in [0.15, 0.2) is 51.7 Å². The van der Waals surface area contributed by atoms with Gasteiger partial charge < -0.3 is 14.1 Å². The van der Waals surface area contributed by atoms with Gasteiger partial charge in [0.2, 0.25) is 0 Å². The van der Waals surface area contributed by atoms with Gasteiger partial charge in [-0.25, -0.2) is 4.79 Å². The minimum Gasteiger partial charge on any atom is -0.497 e. The lowest BCUT2D eigenvalue weighted by atomic mass is 9.80. The van der Waals surface area contributed by atoms with Crippen molar-refractivity contribution >= 4 is 22.4 Å². The monoisotopic (exact) mass is 391 g/mol. The summed E-state index contributed by atoms with van der Waals surface area (Å²) in [6.45, 7) is 6.63. The molecule has 2 aromatic carbocycles. The Labute approximate surface area is 169 Å². The van der Waals surface area contributed by atoms with E-state index in [1.807, 2.05) is 6.07 Å². The molecule has 3 aromatic rings. The molecule has 2 heterocycles. The molecule has 0 aliphatic carbocycles. The van der Waals surface area contributed by atoms with E-state index in [0.29, 0.717) is 22.8 Å². The Morgan fingerprint density at radius 3 is 2.52 bits per heavy atom. The third kappa shape index (κ3) is 3.20. The van der Waals surface area contributed by atoms with Crippen molar-refractivity contribution in [2.24, 2.45) is 0 Å². The molecule has 0 N–H and O–H groups in total. The molecule has 0 amide bonds. The smallest absolute Gasteiger partial charge is 0.347 e. The molecule has 1 atom stereocenters. The van der Waals surface area contributed by atoms with Gasteiger partial charge in [-0.05, 0) is 68.1 Å². The Morgan fingerprint density at radius 1 is 1.17 bits per heavy atom. The highest BCUT2D eigenvalue weighted by Gasteiger charge is 2.34. The topological polar surface area (TPSA) is 59.8 Å².